The largest absolute Gasteiger partial charge is 0.467 e. The zero-order chi connectivity index (χ0) is 10.3. The van der Waals surface area contributed by atoms with Crippen LogP contribution in [0.4, 0.5) is 0 Å². The number of rotatable bonds is 5. The number of esters is 1. The number of aliphatic hydroxyl groups excluding tert-OH is 1. The van der Waals surface area contributed by atoms with E-state index >= 15 is 0 Å². The maximum Gasteiger partial charge on any atom is 0.335 e. The zero-order valence-corrected chi connectivity index (χ0v) is 8.06. The van der Waals surface area contributed by atoms with Crippen molar-refractivity contribution in [1.82, 2.24) is 0 Å². The minimum absolute atomic E-state index is 0.418. The molecule has 0 aliphatic heterocycles. The molecule has 5 heteroatoms. The van der Waals surface area contributed by atoms with Crippen molar-refractivity contribution < 1.29 is 19.5 Å². The molecule has 1 N–H and O–H groups in total. The number of hydrogen-bond acceptors (Lipinski definition) is 5. The first-order valence-corrected chi connectivity index (χ1v) is 4.04. The standard InChI is InChI=1S/C8H15NO4/c1-4-13-9-5-6(2)7(10)8(11)12-3/h5-7,10H,4H2,1-3H3. The fraction of sp³-hybridized carbons (Fsp3) is 0.750. The highest BCUT2D eigenvalue weighted by Gasteiger charge is 2.21. The number of carbonyl (C=O) groups excluding carboxylic acids is 1. The summed E-state index contributed by atoms with van der Waals surface area (Å²) in [7, 11) is 1.22. The molecule has 0 spiro atoms. The van der Waals surface area contributed by atoms with Crippen LogP contribution in [0.5, 0.6) is 0 Å². The summed E-state index contributed by atoms with van der Waals surface area (Å²) < 4.78 is 4.35. The van der Waals surface area contributed by atoms with Gasteiger partial charge in [-0.25, -0.2) is 4.79 Å². The lowest BCUT2D eigenvalue weighted by Crippen LogP contribution is -2.29. The van der Waals surface area contributed by atoms with Crippen LogP contribution in [0.2, 0.25) is 0 Å². The Bertz CT molecular complexity index is 181. The highest BCUT2D eigenvalue weighted by molar-refractivity contribution is 5.79. The predicted octanol–water partition coefficient (Wildman–Crippen LogP) is 0.179. The van der Waals surface area contributed by atoms with Crippen LogP contribution in [-0.4, -0.2) is 37.1 Å². The zero-order valence-electron chi connectivity index (χ0n) is 8.06. The van der Waals surface area contributed by atoms with Crippen molar-refractivity contribution >= 4 is 12.2 Å². The van der Waals surface area contributed by atoms with Crippen molar-refractivity contribution in [2.45, 2.75) is 20.0 Å². The minimum atomic E-state index is -1.19. The molecule has 0 rings (SSSR count). The summed E-state index contributed by atoms with van der Waals surface area (Å²) in [5.41, 5.74) is 0. The average molecular weight is 189 g/mol. The van der Waals surface area contributed by atoms with Gasteiger partial charge in [-0.2, -0.15) is 0 Å². The molecule has 0 aromatic heterocycles. The van der Waals surface area contributed by atoms with E-state index in [4.69, 9.17) is 0 Å². The monoisotopic (exact) mass is 189 g/mol. The smallest absolute Gasteiger partial charge is 0.335 e. The average Bonchev–Trinajstić information content (AvgIpc) is 2.15. The summed E-state index contributed by atoms with van der Waals surface area (Å²) in [6.45, 7) is 3.89. The second-order valence-corrected chi connectivity index (χ2v) is 2.50. The fourth-order valence-electron chi connectivity index (χ4n) is 0.630. The van der Waals surface area contributed by atoms with Crippen molar-refractivity contribution in [1.29, 1.82) is 0 Å². The Morgan fingerprint density at radius 3 is 2.77 bits per heavy atom. The van der Waals surface area contributed by atoms with E-state index in [9.17, 15) is 9.90 Å². The van der Waals surface area contributed by atoms with Gasteiger partial charge in [0.1, 0.15) is 6.61 Å². The Balaban J connectivity index is 3.94. The second-order valence-electron chi connectivity index (χ2n) is 2.50. The fourth-order valence-corrected chi connectivity index (χ4v) is 0.630. The van der Waals surface area contributed by atoms with E-state index in [2.05, 4.69) is 14.7 Å². The Morgan fingerprint density at radius 2 is 2.31 bits per heavy atom. The highest BCUT2D eigenvalue weighted by atomic mass is 16.6. The normalized spacial score (nSPS) is 15.4. The van der Waals surface area contributed by atoms with E-state index in [1.54, 1.807) is 13.8 Å². The second kappa shape index (κ2) is 6.42. The van der Waals surface area contributed by atoms with Gasteiger partial charge in [-0.1, -0.05) is 12.1 Å². The topological polar surface area (TPSA) is 68.1 Å². The Hall–Kier alpha value is -1.10. The van der Waals surface area contributed by atoms with Crippen molar-refractivity contribution in [3.05, 3.63) is 0 Å². The van der Waals surface area contributed by atoms with Crippen LogP contribution in [0.1, 0.15) is 13.8 Å². The lowest BCUT2D eigenvalue weighted by atomic mass is 10.1. The SMILES string of the molecule is CCON=CC(C)C(O)C(=O)OC. The summed E-state index contributed by atoms with van der Waals surface area (Å²) in [6, 6.07) is 0. The maximum atomic E-state index is 10.8. The van der Waals surface area contributed by atoms with Crippen molar-refractivity contribution in [2.75, 3.05) is 13.7 Å². The number of nitrogens with zero attached hydrogens (tertiary/aromatic N) is 1. The molecule has 0 saturated heterocycles. The van der Waals surface area contributed by atoms with Crippen LogP contribution in [-0.2, 0) is 14.4 Å². The van der Waals surface area contributed by atoms with Crippen molar-refractivity contribution in [2.24, 2.45) is 11.1 Å². The summed E-state index contributed by atoms with van der Waals surface area (Å²) in [4.78, 5) is 15.5. The van der Waals surface area contributed by atoms with Gasteiger partial charge in [-0.3, -0.25) is 0 Å². The number of methoxy groups -OCH3 is 1. The maximum absolute atomic E-state index is 10.8. The molecule has 5 nitrogen and oxygen atoms in total. The predicted molar refractivity (Wildman–Crippen MR) is 47.3 cm³/mol. The third-order valence-corrected chi connectivity index (χ3v) is 1.44. The summed E-state index contributed by atoms with van der Waals surface area (Å²) in [5.74, 6) is -1.09. The van der Waals surface area contributed by atoms with Crippen molar-refractivity contribution in [3.63, 3.8) is 0 Å². The molecule has 0 bridgehead atoms. The molecule has 0 heterocycles. The summed E-state index contributed by atoms with van der Waals surface area (Å²) in [6.07, 6.45) is 0.180. The molecule has 0 aromatic carbocycles. The first kappa shape index (κ1) is 11.9. The van der Waals surface area contributed by atoms with Gasteiger partial charge in [0.2, 0.25) is 0 Å². The van der Waals surface area contributed by atoms with Crippen LogP contribution in [0, 0.1) is 5.92 Å². The molecule has 13 heavy (non-hydrogen) atoms. The summed E-state index contributed by atoms with van der Waals surface area (Å²) >= 11 is 0. The van der Waals surface area contributed by atoms with Gasteiger partial charge in [0.25, 0.3) is 0 Å². The molecule has 2 atom stereocenters. The van der Waals surface area contributed by atoms with Crippen LogP contribution >= 0.6 is 0 Å². The van der Waals surface area contributed by atoms with E-state index in [-0.39, 0.29) is 0 Å². The van der Waals surface area contributed by atoms with E-state index in [1.165, 1.54) is 13.3 Å². The number of carbonyl (C=O) groups is 1. The number of oxime groups is 1. The van der Waals surface area contributed by atoms with Crippen molar-refractivity contribution in [3.8, 4) is 0 Å². The number of ether oxygens (including phenoxy) is 1. The first-order valence-electron chi connectivity index (χ1n) is 4.04. The van der Waals surface area contributed by atoms with E-state index in [0.29, 0.717) is 6.61 Å². The quantitative estimate of drug-likeness (QED) is 0.380. The Morgan fingerprint density at radius 1 is 1.69 bits per heavy atom. The highest BCUT2D eigenvalue weighted by Crippen LogP contribution is 2.01. The number of hydrogen-bond donors (Lipinski definition) is 1. The van der Waals surface area contributed by atoms with E-state index < -0.39 is 18.0 Å². The van der Waals surface area contributed by atoms with Crippen LogP contribution < -0.4 is 0 Å². The van der Waals surface area contributed by atoms with Gasteiger partial charge in [0, 0.05) is 12.1 Å². The molecular formula is C8H15NO4. The van der Waals surface area contributed by atoms with Gasteiger partial charge >= 0.3 is 5.97 Å². The van der Waals surface area contributed by atoms with E-state index in [0.717, 1.165) is 0 Å². The molecule has 0 fully saturated rings. The number of aliphatic hydroxyl groups is 1. The third-order valence-electron chi connectivity index (χ3n) is 1.44. The molecule has 0 radical (unpaired) electrons. The van der Waals surface area contributed by atoms with E-state index in [1.807, 2.05) is 0 Å². The van der Waals surface area contributed by atoms with Crippen LogP contribution in [0.3, 0.4) is 0 Å². The Kier molecular flexibility index (Phi) is 5.88. The lowest BCUT2D eigenvalue weighted by molar-refractivity contribution is -0.151. The van der Waals surface area contributed by atoms with Crippen LogP contribution in [0.15, 0.2) is 5.16 Å². The summed E-state index contributed by atoms with van der Waals surface area (Å²) in [5, 5.41) is 12.8. The third kappa shape index (κ3) is 4.47. The molecule has 0 aliphatic carbocycles. The molecule has 0 amide bonds. The van der Waals surface area contributed by atoms with Gasteiger partial charge in [0.05, 0.1) is 7.11 Å². The molecular weight excluding hydrogens is 174 g/mol. The lowest BCUT2D eigenvalue weighted by Gasteiger charge is -2.11. The van der Waals surface area contributed by atoms with Gasteiger partial charge in [-0.05, 0) is 6.92 Å². The molecule has 76 valence electrons. The molecule has 0 saturated carbocycles. The first-order chi connectivity index (χ1) is 6.13. The van der Waals surface area contributed by atoms with Gasteiger partial charge in [0.15, 0.2) is 6.10 Å². The Labute approximate surface area is 77.3 Å². The molecule has 0 aliphatic rings. The van der Waals surface area contributed by atoms with Crippen LogP contribution in [0.25, 0.3) is 0 Å². The van der Waals surface area contributed by atoms with Gasteiger partial charge < -0.3 is 14.7 Å². The molecule has 0 aromatic rings. The molecule has 2 unspecified atom stereocenters. The minimum Gasteiger partial charge on any atom is -0.467 e. The van der Waals surface area contributed by atoms with Gasteiger partial charge in [-0.15, -0.1) is 0 Å².